The highest BCUT2D eigenvalue weighted by atomic mass is 16.5. The van der Waals surface area contributed by atoms with E-state index in [-0.39, 0.29) is 5.91 Å². The quantitative estimate of drug-likeness (QED) is 0.708. The van der Waals surface area contributed by atoms with Crippen LogP contribution in [0, 0.1) is 12.8 Å². The van der Waals surface area contributed by atoms with Crippen molar-refractivity contribution in [1.29, 1.82) is 0 Å². The van der Waals surface area contributed by atoms with Gasteiger partial charge in [0.15, 0.2) is 0 Å². The number of rotatable bonds is 4. The number of ether oxygens (including phenoxy) is 1. The Kier molecular flexibility index (Phi) is 5.01. The third-order valence-electron chi connectivity index (χ3n) is 5.00. The van der Waals surface area contributed by atoms with E-state index in [1.807, 2.05) is 41.3 Å². The maximum Gasteiger partial charge on any atom is 0.253 e. The fourth-order valence-electron chi connectivity index (χ4n) is 3.58. The molecule has 1 atom stereocenters. The molecule has 1 aromatic heterocycles. The molecule has 1 saturated heterocycles. The summed E-state index contributed by atoms with van der Waals surface area (Å²) in [4.78, 5) is 23.4. The van der Waals surface area contributed by atoms with E-state index in [1.54, 1.807) is 12.4 Å². The van der Waals surface area contributed by atoms with E-state index in [0.717, 1.165) is 42.7 Å². The molecule has 2 aromatic carbocycles. The van der Waals surface area contributed by atoms with Gasteiger partial charge >= 0.3 is 0 Å². The van der Waals surface area contributed by atoms with Crippen LogP contribution in [0.4, 0.5) is 0 Å². The lowest BCUT2D eigenvalue weighted by Crippen LogP contribution is -2.41. The van der Waals surface area contributed by atoms with Gasteiger partial charge in [0.05, 0.1) is 17.6 Å². The lowest BCUT2D eigenvalue weighted by atomic mass is 9.98. The van der Waals surface area contributed by atoms with Crippen molar-refractivity contribution in [3.05, 3.63) is 66.0 Å². The SMILES string of the molecule is Cc1cccc(OCC2CCCN(C(=O)c3ccc4nccnc4c3)C2)c1. The lowest BCUT2D eigenvalue weighted by molar-refractivity contribution is 0.0633. The van der Waals surface area contributed by atoms with Gasteiger partial charge in [0.2, 0.25) is 0 Å². The molecular weight excluding hydrogens is 338 g/mol. The number of piperidine rings is 1. The van der Waals surface area contributed by atoms with E-state index in [1.165, 1.54) is 5.56 Å². The van der Waals surface area contributed by atoms with Crippen molar-refractivity contribution in [2.75, 3.05) is 19.7 Å². The van der Waals surface area contributed by atoms with Gasteiger partial charge in [0, 0.05) is 37.0 Å². The molecule has 27 heavy (non-hydrogen) atoms. The minimum atomic E-state index is 0.0582. The summed E-state index contributed by atoms with van der Waals surface area (Å²) < 4.78 is 5.96. The van der Waals surface area contributed by atoms with Crippen LogP contribution in [0.5, 0.6) is 5.75 Å². The van der Waals surface area contributed by atoms with Gasteiger partial charge in [-0.3, -0.25) is 14.8 Å². The first-order valence-electron chi connectivity index (χ1n) is 9.38. The predicted molar refractivity (Wildman–Crippen MR) is 105 cm³/mol. The molecule has 5 nitrogen and oxygen atoms in total. The van der Waals surface area contributed by atoms with Crippen molar-refractivity contribution in [3.8, 4) is 5.75 Å². The lowest BCUT2D eigenvalue weighted by Gasteiger charge is -2.32. The van der Waals surface area contributed by atoms with Crippen LogP contribution in [0.2, 0.25) is 0 Å². The number of hydrogen-bond donors (Lipinski definition) is 0. The van der Waals surface area contributed by atoms with Crippen molar-refractivity contribution in [3.63, 3.8) is 0 Å². The smallest absolute Gasteiger partial charge is 0.253 e. The first kappa shape index (κ1) is 17.5. The Morgan fingerprint density at radius 2 is 2.00 bits per heavy atom. The van der Waals surface area contributed by atoms with E-state index in [2.05, 4.69) is 23.0 Å². The fourth-order valence-corrected chi connectivity index (χ4v) is 3.58. The van der Waals surface area contributed by atoms with Gasteiger partial charge in [0.25, 0.3) is 5.91 Å². The second kappa shape index (κ2) is 7.74. The zero-order chi connectivity index (χ0) is 18.6. The van der Waals surface area contributed by atoms with Crippen LogP contribution >= 0.6 is 0 Å². The van der Waals surface area contributed by atoms with Crippen LogP contribution in [0.15, 0.2) is 54.9 Å². The second-order valence-electron chi connectivity index (χ2n) is 7.15. The molecule has 0 spiro atoms. The highest BCUT2D eigenvalue weighted by molar-refractivity contribution is 5.97. The minimum Gasteiger partial charge on any atom is -0.493 e. The van der Waals surface area contributed by atoms with Crippen LogP contribution in [-0.4, -0.2) is 40.5 Å². The number of carbonyl (C=O) groups is 1. The predicted octanol–water partition coefficient (Wildman–Crippen LogP) is 3.87. The van der Waals surface area contributed by atoms with E-state index in [0.29, 0.717) is 18.1 Å². The van der Waals surface area contributed by atoms with Crippen LogP contribution in [-0.2, 0) is 0 Å². The van der Waals surface area contributed by atoms with Gasteiger partial charge < -0.3 is 9.64 Å². The molecule has 1 aliphatic rings. The van der Waals surface area contributed by atoms with Crippen LogP contribution in [0.25, 0.3) is 11.0 Å². The molecule has 2 heterocycles. The Labute approximate surface area is 159 Å². The number of carbonyl (C=O) groups excluding carboxylic acids is 1. The summed E-state index contributed by atoms with van der Waals surface area (Å²) in [5, 5.41) is 0. The standard InChI is InChI=1S/C22H23N3O2/c1-16-4-2-6-19(12-16)27-15-17-5-3-11-25(14-17)22(26)18-7-8-20-21(13-18)24-10-9-23-20/h2,4,6-10,12-13,17H,3,5,11,14-15H2,1H3. The van der Waals surface area contributed by atoms with Gasteiger partial charge in [-0.15, -0.1) is 0 Å². The van der Waals surface area contributed by atoms with Gasteiger partial charge in [0.1, 0.15) is 5.75 Å². The molecule has 1 fully saturated rings. The largest absolute Gasteiger partial charge is 0.493 e. The maximum absolute atomic E-state index is 12.9. The summed E-state index contributed by atoms with van der Waals surface area (Å²) in [5.41, 5.74) is 3.41. The van der Waals surface area contributed by atoms with E-state index in [9.17, 15) is 4.79 Å². The number of fused-ring (bicyclic) bond motifs is 1. The normalized spacial score (nSPS) is 17.1. The number of amides is 1. The Hall–Kier alpha value is -2.95. The maximum atomic E-state index is 12.9. The number of hydrogen-bond acceptors (Lipinski definition) is 4. The van der Waals surface area contributed by atoms with Crippen molar-refractivity contribution in [2.45, 2.75) is 19.8 Å². The number of likely N-dealkylation sites (tertiary alicyclic amines) is 1. The molecule has 4 rings (SSSR count). The molecule has 0 saturated carbocycles. The highest BCUT2D eigenvalue weighted by Crippen LogP contribution is 2.22. The summed E-state index contributed by atoms with van der Waals surface area (Å²) in [6.07, 6.45) is 5.39. The third-order valence-corrected chi connectivity index (χ3v) is 5.00. The zero-order valence-electron chi connectivity index (χ0n) is 15.5. The van der Waals surface area contributed by atoms with E-state index >= 15 is 0 Å². The molecule has 0 bridgehead atoms. The number of benzene rings is 2. The number of aromatic nitrogens is 2. The summed E-state index contributed by atoms with van der Waals surface area (Å²) >= 11 is 0. The Bertz CT molecular complexity index is 957. The Morgan fingerprint density at radius 3 is 2.85 bits per heavy atom. The van der Waals surface area contributed by atoms with E-state index < -0.39 is 0 Å². The van der Waals surface area contributed by atoms with Gasteiger partial charge in [-0.2, -0.15) is 0 Å². The Balaban J connectivity index is 1.41. The molecule has 1 amide bonds. The van der Waals surface area contributed by atoms with Gasteiger partial charge in [-0.1, -0.05) is 12.1 Å². The van der Waals surface area contributed by atoms with Gasteiger partial charge in [-0.25, -0.2) is 0 Å². The van der Waals surface area contributed by atoms with Gasteiger partial charge in [-0.05, 0) is 55.7 Å². The highest BCUT2D eigenvalue weighted by Gasteiger charge is 2.25. The molecule has 1 unspecified atom stereocenters. The molecule has 0 N–H and O–H groups in total. The molecule has 0 radical (unpaired) electrons. The van der Waals surface area contributed by atoms with Crippen molar-refractivity contribution >= 4 is 16.9 Å². The zero-order valence-corrected chi connectivity index (χ0v) is 15.5. The van der Waals surface area contributed by atoms with E-state index in [4.69, 9.17) is 4.74 Å². The third kappa shape index (κ3) is 4.08. The number of aryl methyl sites for hydroxylation is 1. The van der Waals surface area contributed by atoms with Crippen LogP contribution in [0.3, 0.4) is 0 Å². The summed E-state index contributed by atoms with van der Waals surface area (Å²) in [6, 6.07) is 13.6. The Morgan fingerprint density at radius 1 is 1.15 bits per heavy atom. The second-order valence-corrected chi connectivity index (χ2v) is 7.15. The van der Waals surface area contributed by atoms with Crippen LogP contribution < -0.4 is 4.74 Å². The summed E-state index contributed by atoms with van der Waals surface area (Å²) in [5.74, 6) is 1.30. The fraction of sp³-hybridized carbons (Fsp3) is 0.318. The van der Waals surface area contributed by atoms with Crippen molar-refractivity contribution in [1.82, 2.24) is 14.9 Å². The van der Waals surface area contributed by atoms with Crippen molar-refractivity contribution < 1.29 is 9.53 Å². The first-order valence-corrected chi connectivity index (χ1v) is 9.38. The minimum absolute atomic E-state index is 0.0582. The topological polar surface area (TPSA) is 55.3 Å². The molecular formula is C22H23N3O2. The average molecular weight is 361 g/mol. The number of nitrogens with zero attached hydrogens (tertiary/aromatic N) is 3. The summed E-state index contributed by atoms with van der Waals surface area (Å²) in [6.45, 7) is 4.21. The average Bonchev–Trinajstić information content (AvgIpc) is 2.71. The monoisotopic (exact) mass is 361 g/mol. The van der Waals surface area contributed by atoms with Crippen molar-refractivity contribution in [2.24, 2.45) is 5.92 Å². The van der Waals surface area contributed by atoms with Crippen LogP contribution in [0.1, 0.15) is 28.8 Å². The molecule has 0 aliphatic carbocycles. The molecule has 3 aromatic rings. The molecule has 5 heteroatoms. The molecule has 138 valence electrons. The first-order chi connectivity index (χ1) is 13.2. The molecule has 1 aliphatic heterocycles. The summed E-state index contributed by atoms with van der Waals surface area (Å²) in [7, 11) is 0.